The van der Waals surface area contributed by atoms with Gasteiger partial charge in [0.05, 0.1) is 22.5 Å². The van der Waals surface area contributed by atoms with Gasteiger partial charge in [0.15, 0.2) is 0 Å². The van der Waals surface area contributed by atoms with Gasteiger partial charge in [-0.2, -0.15) is 5.10 Å². The van der Waals surface area contributed by atoms with Gasteiger partial charge in [0.2, 0.25) is 0 Å². The summed E-state index contributed by atoms with van der Waals surface area (Å²) in [7, 11) is 4.14. The third-order valence-corrected chi connectivity index (χ3v) is 4.22. The van der Waals surface area contributed by atoms with E-state index in [0.717, 1.165) is 36.3 Å². The van der Waals surface area contributed by atoms with Gasteiger partial charge >= 0.3 is 0 Å². The summed E-state index contributed by atoms with van der Waals surface area (Å²) in [6.45, 7) is 4.67. The molecule has 1 aromatic heterocycles. The molecule has 1 fully saturated rings. The number of likely N-dealkylation sites (N-methyl/N-ethyl adjacent to an activating group) is 1. The van der Waals surface area contributed by atoms with Crippen molar-refractivity contribution in [2.45, 2.75) is 25.9 Å². The Labute approximate surface area is 105 Å². The highest BCUT2D eigenvalue weighted by molar-refractivity contribution is 9.10. The first kappa shape index (κ1) is 12.1. The van der Waals surface area contributed by atoms with Crippen molar-refractivity contribution < 1.29 is 4.74 Å². The van der Waals surface area contributed by atoms with Crippen molar-refractivity contribution in [1.82, 2.24) is 14.7 Å². The largest absolute Gasteiger partial charge is 0.380 e. The van der Waals surface area contributed by atoms with E-state index in [1.165, 1.54) is 5.69 Å². The second kappa shape index (κ2) is 4.85. The maximum atomic E-state index is 5.41. The Morgan fingerprint density at radius 3 is 2.88 bits per heavy atom. The lowest BCUT2D eigenvalue weighted by atomic mass is 10.2. The molecule has 1 saturated heterocycles. The highest BCUT2D eigenvalue weighted by Crippen LogP contribution is 2.23. The van der Waals surface area contributed by atoms with Crippen molar-refractivity contribution in [3.8, 4) is 0 Å². The van der Waals surface area contributed by atoms with Crippen LogP contribution in [0.25, 0.3) is 0 Å². The number of rotatable bonds is 3. The molecule has 0 aliphatic carbocycles. The zero-order valence-electron chi connectivity index (χ0n) is 10.0. The average Bonchev–Trinajstić information content (AvgIpc) is 2.83. The number of hydrogen-bond donors (Lipinski definition) is 0. The Morgan fingerprint density at radius 1 is 1.62 bits per heavy atom. The van der Waals surface area contributed by atoms with E-state index in [2.05, 4.69) is 33.0 Å². The maximum absolute atomic E-state index is 5.41. The van der Waals surface area contributed by atoms with Crippen LogP contribution in [-0.4, -0.2) is 41.0 Å². The van der Waals surface area contributed by atoms with Gasteiger partial charge in [-0.25, -0.2) is 0 Å². The van der Waals surface area contributed by atoms with Gasteiger partial charge in [-0.15, -0.1) is 0 Å². The Kier molecular flexibility index (Phi) is 3.66. The second-order valence-corrected chi connectivity index (χ2v) is 5.20. The van der Waals surface area contributed by atoms with Crippen LogP contribution in [0.2, 0.25) is 0 Å². The van der Waals surface area contributed by atoms with E-state index < -0.39 is 0 Å². The summed E-state index contributed by atoms with van der Waals surface area (Å²) in [5, 5.41) is 4.40. The van der Waals surface area contributed by atoms with Crippen molar-refractivity contribution >= 4 is 15.9 Å². The second-order valence-electron chi connectivity index (χ2n) is 4.40. The molecule has 0 radical (unpaired) electrons. The van der Waals surface area contributed by atoms with E-state index in [1.807, 2.05) is 18.7 Å². The molecule has 16 heavy (non-hydrogen) atoms. The minimum Gasteiger partial charge on any atom is -0.380 e. The summed E-state index contributed by atoms with van der Waals surface area (Å²) >= 11 is 3.60. The lowest BCUT2D eigenvalue weighted by Gasteiger charge is -2.22. The number of hydrogen-bond acceptors (Lipinski definition) is 3. The third-order valence-electron chi connectivity index (χ3n) is 3.19. The SMILES string of the molecule is Cc1nn(C)c(CN(C)C2CCOC2)c1Br. The predicted molar refractivity (Wildman–Crippen MR) is 66.3 cm³/mol. The molecule has 0 bridgehead atoms. The molecule has 1 aliphatic heterocycles. The van der Waals surface area contributed by atoms with Crippen molar-refractivity contribution in [2.24, 2.45) is 7.05 Å². The number of aromatic nitrogens is 2. The van der Waals surface area contributed by atoms with Crippen LogP contribution in [0.3, 0.4) is 0 Å². The zero-order chi connectivity index (χ0) is 11.7. The van der Waals surface area contributed by atoms with Crippen LogP contribution in [0.1, 0.15) is 17.8 Å². The minimum absolute atomic E-state index is 0.544. The number of ether oxygens (including phenoxy) is 1. The summed E-state index contributed by atoms with van der Waals surface area (Å²) in [5.74, 6) is 0. The van der Waals surface area contributed by atoms with Crippen molar-refractivity contribution in [1.29, 1.82) is 0 Å². The molecule has 2 heterocycles. The normalized spacial score (nSPS) is 20.9. The van der Waals surface area contributed by atoms with Gasteiger partial charge in [0, 0.05) is 26.2 Å². The summed E-state index contributed by atoms with van der Waals surface area (Å²) in [5.41, 5.74) is 2.28. The summed E-state index contributed by atoms with van der Waals surface area (Å²) in [6.07, 6.45) is 1.13. The summed E-state index contributed by atoms with van der Waals surface area (Å²) in [4.78, 5) is 2.34. The molecule has 0 saturated carbocycles. The maximum Gasteiger partial charge on any atom is 0.0739 e. The Morgan fingerprint density at radius 2 is 2.38 bits per heavy atom. The smallest absolute Gasteiger partial charge is 0.0739 e. The molecule has 4 nitrogen and oxygen atoms in total. The number of nitrogens with zero attached hydrogens (tertiary/aromatic N) is 3. The molecule has 2 rings (SSSR count). The van der Waals surface area contributed by atoms with Gasteiger partial charge in [-0.3, -0.25) is 9.58 Å². The van der Waals surface area contributed by atoms with E-state index in [1.54, 1.807) is 0 Å². The molecule has 0 aromatic carbocycles. The first-order valence-corrected chi connectivity index (χ1v) is 6.35. The highest BCUT2D eigenvalue weighted by atomic mass is 79.9. The van der Waals surface area contributed by atoms with Crippen LogP contribution in [0.5, 0.6) is 0 Å². The quantitative estimate of drug-likeness (QED) is 0.848. The zero-order valence-corrected chi connectivity index (χ0v) is 11.6. The fourth-order valence-corrected chi connectivity index (χ4v) is 2.55. The van der Waals surface area contributed by atoms with Gasteiger partial charge in [-0.05, 0) is 36.3 Å². The molecule has 1 aliphatic rings. The van der Waals surface area contributed by atoms with Crippen molar-refractivity contribution in [3.05, 3.63) is 15.9 Å². The van der Waals surface area contributed by atoms with Gasteiger partial charge in [0.1, 0.15) is 0 Å². The number of halogens is 1. The first-order chi connectivity index (χ1) is 7.59. The van der Waals surface area contributed by atoms with Crippen LogP contribution in [0.4, 0.5) is 0 Å². The van der Waals surface area contributed by atoms with Gasteiger partial charge < -0.3 is 4.74 Å². The van der Waals surface area contributed by atoms with Gasteiger partial charge in [0.25, 0.3) is 0 Å². The summed E-state index contributed by atoms with van der Waals surface area (Å²) < 4.78 is 8.48. The van der Waals surface area contributed by atoms with E-state index in [9.17, 15) is 0 Å². The molecule has 0 spiro atoms. The summed E-state index contributed by atoms with van der Waals surface area (Å²) in [6, 6.07) is 0.544. The molecule has 5 heteroatoms. The van der Waals surface area contributed by atoms with E-state index in [-0.39, 0.29) is 0 Å². The standard InChI is InChI=1S/C11H18BrN3O/c1-8-11(12)10(15(3)13-8)6-14(2)9-4-5-16-7-9/h9H,4-7H2,1-3H3. The molecule has 1 aromatic rings. The molecule has 0 amide bonds. The van der Waals surface area contributed by atoms with Crippen molar-refractivity contribution in [3.63, 3.8) is 0 Å². The highest BCUT2D eigenvalue weighted by Gasteiger charge is 2.22. The Balaban J connectivity index is 2.07. The lowest BCUT2D eigenvalue weighted by molar-refractivity contribution is 0.155. The molecule has 0 N–H and O–H groups in total. The molecular formula is C11H18BrN3O. The van der Waals surface area contributed by atoms with Crippen molar-refractivity contribution in [2.75, 3.05) is 20.3 Å². The van der Waals surface area contributed by atoms with E-state index in [0.29, 0.717) is 6.04 Å². The van der Waals surface area contributed by atoms with Crippen LogP contribution >= 0.6 is 15.9 Å². The Hall–Kier alpha value is -0.390. The molecular weight excluding hydrogens is 270 g/mol. The first-order valence-electron chi connectivity index (χ1n) is 5.55. The molecule has 90 valence electrons. The monoisotopic (exact) mass is 287 g/mol. The molecule has 1 atom stereocenters. The van der Waals surface area contributed by atoms with Crippen LogP contribution in [-0.2, 0) is 18.3 Å². The van der Waals surface area contributed by atoms with Gasteiger partial charge in [-0.1, -0.05) is 0 Å². The third kappa shape index (κ3) is 2.31. The molecule has 1 unspecified atom stereocenters. The van der Waals surface area contributed by atoms with Crippen LogP contribution in [0.15, 0.2) is 4.47 Å². The lowest BCUT2D eigenvalue weighted by Crippen LogP contribution is -2.32. The predicted octanol–water partition coefficient (Wildman–Crippen LogP) is 1.71. The Bertz CT molecular complexity index is 372. The van der Waals surface area contributed by atoms with Crippen LogP contribution < -0.4 is 0 Å². The topological polar surface area (TPSA) is 30.3 Å². The fraction of sp³-hybridized carbons (Fsp3) is 0.727. The minimum atomic E-state index is 0.544. The van der Waals surface area contributed by atoms with E-state index >= 15 is 0 Å². The van der Waals surface area contributed by atoms with E-state index in [4.69, 9.17) is 4.74 Å². The van der Waals surface area contributed by atoms with Crippen LogP contribution in [0, 0.1) is 6.92 Å². The number of aryl methyl sites for hydroxylation is 2. The fourth-order valence-electron chi connectivity index (χ4n) is 2.09. The average molecular weight is 288 g/mol.